The van der Waals surface area contributed by atoms with Gasteiger partial charge >= 0.3 is 0 Å². The minimum atomic E-state index is 0.901. The molecule has 0 fully saturated rings. The van der Waals surface area contributed by atoms with Gasteiger partial charge in [0.05, 0.1) is 25.6 Å². The maximum atomic E-state index is 5.66. The summed E-state index contributed by atoms with van der Waals surface area (Å²) in [6.07, 6.45) is 0. The third-order valence-electron chi connectivity index (χ3n) is 4.90. The van der Waals surface area contributed by atoms with Crippen LogP contribution >= 0.6 is 0 Å². The largest absolute Gasteiger partial charge is 0.495 e. The number of hydrogen-bond donors (Lipinski definition) is 0. The van der Waals surface area contributed by atoms with E-state index in [9.17, 15) is 0 Å². The number of nitrogens with zero attached hydrogens (tertiary/aromatic N) is 2. The molecule has 0 saturated heterocycles. The fourth-order valence-corrected chi connectivity index (χ4v) is 3.37. The summed E-state index contributed by atoms with van der Waals surface area (Å²) < 4.78 is 11.3. The van der Waals surface area contributed by atoms with E-state index in [1.165, 1.54) is 0 Å². The van der Waals surface area contributed by atoms with E-state index in [-0.39, 0.29) is 0 Å². The van der Waals surface area contributed by atoms with Crippen molar-refractivity contribution in [1.82, 2.24) is 0 Å². The Hall–Kier alpha value is -2.36. The van der Waals surface area contributed by atoms with Crippen molar-refractivity contribution >= 4 is 11.4 Å². The maximum absolute atomic E-state index is 5.66. The average Bonchev–Trinajstić information content (AvgIpc) is 2.70. The molecule has 2 rings (SSSR count). The first-order valence-corrected chi connectivity index (χ1v) is 9.49. The number of benzene rings is 2. The third kappa shape index (κ3) is 4.06. The number of rotatable bonds is 9. The topological polar surface area (TPSA) is 24.9 Å². The van der Waals surface area contributed by atoms with Gasteiger partial charge in [0.1, 0.15) is 11.5 Å². The Morgan fingerprint density at radius 2 is 0.962 bits per heavy atom. The van der Waals surface area contributed by atoms with Crippen molar-refractivity contribution in [3.63, 3.8) is 0 Å². The number of methoxy groups -OCH3 is 2. The predicted octanol–water partition coefficient (Wildman–Crippen LogP) is 5.06. The number of hydrogen-bond acceptors (Lipinski definition) is 4. The van der Waals surface area contributed by atoms with Crippen molar-refractivity contribution in [2.24, 2.45) is 0 Å². The second-order valence-corrected chi connectivity index (χ2v) is 6.12. The zero-order chi connectivity index (χ0) is 19.1. The third-order valence-corrected chi connectivity index (χ3v) is 4.90. The van der Waals surface area contributed by atoms with E-state index < -0.39 is 0 Å². The van der Waals surface area contributed by atoms with Crippen LogP contribution in [0.1, 0.15) is 27.7 Å². The van der Waals surface area contributed by atoms with Crippen molar-refractivity contribution in [2.75, 3.05) is 50.2 Å². The molecule has 4 heteroatoms. The van der Waals surface area contributed by atoms with Gasteiger partial charge in [-0.25, -0.2) is 0 Å². The SMILES string of the molecule is CCN(CC)c1ccc(-c2ccc(N(CC)CC)c(OC)c2)cc1OC. The molecule has 0 aliphatic heterocycles. The lowest BCUT2D eigenvalue weighted by Crippen LogP contribution is -2.22. The summed E-state index contributed by atoms with van der Waals surface area (Å²) in [6.45, 7) is 12.5. The van der Waals surface area contributed by atoms with E-state index in [1.807, 2.05) is 0 Å². The molecular formula is C22H32N2O2. The molecule has 2 aromatic rings. The van der Waals surface area contributed by atoms with Crippen LogP contribution in [0.15, 0.2) is 36.4 Å². The molecule has 0 amide bonds. The fraction of sp³-hybridized carbons (Fsp3) is 0.455. The van der Waals surface area contributed by atoms with Crippen LogP contribution in [-0.4, -0.2) is 40.4 Å². The highest BCUT2D eigenvalue weighted by Crippen LogP contribution is 2.37. The van der Waals surface area contributed by atoms with Crippen LogP contribution < -0.4 is 19.3 Å². The molecule has 26 heavy (non-hydrogen) atoms. The van der Waals surface area contributed by atoms with Gasteiger partial charge in [-0.3, -0.25) is 0 Å². The van der Waals surface area contributed by atoms with Gasteiger partial charge in [0.25, 0.3) is 0 Å². The fourth-order valence-electron chi connectivity index (χ4n) is 3.37. The minimum Gasteiger partial charge on any atom is -0.495 e. The second-order valence-electron chi connectivity index (χ2n) is 6.12. The zero-order valence-electron chi connectivity index (χ0n) is 17.0. The maximum Gasteiger partial charge on any atom is 0.142 e. The summed E-state index contributed by atoms with van der Waals surface area (Å²) in [4.78, 5) is 4.60. The highest BCUT2D eigenvalue weighted by atomic mass is 16.5. The molecule has 0 spiro atoms. The normalized spacial score (nSPS) is 10.5. The van der Waals surface area contributed by atoms with Crippen LogP contribution in [0.25, 0.3) is 11.1 Å². The monoisotopic (exact) mass is 356 g/mol. The van der Waals surface area contributed by atoms with Gasteiger partial charge in [-0.2, -0.15) is 0 Å². The molecule has 0 aromatic heterocycles. The summed E-state index contributed by atoms with van der Waals surface area (Å²) in [5.41, 5.74) is 4.52. The molecular weight excluding hydrogens is 324 g/mol. The van der Waals surface area contributed by atoms with E-state index in [4.69, 9.17) is 9.47 Å². The van der Waals surface area contributed by atoms with Crippen LogP contribution in [-0.2, 0) is 0 Å². The van der Waals surface area contributed by atoms with Crippen LogP contribution in [0.3, 0.4) is 0 Å². The van der Waals surface area contributed by atoms with Gasteiger partial charge in [0, 0.05) is 26.2 Å². The van der Waals surface area contributed by atoms with Gasteiger partial charge in [-0.1, -0.05) is 12.1 Å². The van der Waals surface area contributed by atoms with Gasteiger partial charge in [-0.15, -0.1) is 0 Å². The summed E-state index contributed by atoms with van der Waals surface area (Å²) in [5, 5.41) is 0. The quantitative estimate of drug-likeness (QED) is 0.627. The van der Waals surface area contributed by atoms with Crippen molar-refractivity contribution in [3.05, 3.63) is 36.4 Å². The first-order valence-electron chi connectivity index (χ1n) is 9.49. The predicted molar refractivity (Wildman–Crippen MR) is 112 cm³/mol. The molecule has 4 nitrogen and oxygen atoms in total. The van der Waals surface area contributed by atoms with Gasteiger partial charge < -0.3 is 19.3 Å². The lowest BCUT2D eigenvalue weighted by Gasteiger charge is -2.25. The van der Waals surface area contributed by atoms with Gasteiger partial charge in [0.15, 0.2) is 0 Å². The molecule has 142 valence electrons. The Balaban J connectivity index is 2.45. The molecule has 0 bridgehead atoms. The molecule has 2 aromatic carbocycles. The van der Waals surface area contributed by atoms with Gasteiger partial charge in [-0.05, 0) is 63.1 Å². The summed E-state index contributed by atoms with van der Waals surface area (Å²) >= 11 is 0. The highest BCUT2D eigenvalue weighted by molar-refractivity contribution is 5.75. The second kappa shape index (κ2) is 9.37. The number of ether oxygens (including phenoxy) is 2. The minimum absolute atomic E-state index is 0.901. The molecule has 0 aliphatic carbocycles. The molecule has 0 radical (unpaired) electrons. The van der Waals surface area contributed by atoms with Crippen LogP contribution in [0.2, 0.25) is 0 Å². The zero-order valence-corrected chi connectivity index (χ0v) is 17.0. The Kier molecular flexibility index (Phi) is 7.19. The lowest BCUT2D eigenvalue weighted by atomic mass is 10.0. The Labute approximate surface area is 158 Å². The highest BCUT2D eigenvalue weighted by Gasteiger charge is 2.14. The molecule has 0 heterocycles. The Morgan fingerprint density at radius 3 is 1.23 bits per heavy atom. The van der Waals surface area contributed by atoms with Crippen molar-refractivity contribution < 1.29 is 9.47 Å². The summed E-state index contributed by atoms with van der Waals surface area (Å²) in [5.74, 6) is 1.80. The molecule has 0 N–H and O–H groups in total. The van der Waals surface area contributed by atoms with Crippen molar-refractivity contribution in [2.45, 2.75) is 27.7 Å². The van der Waals surface area contributed by atoms with E-state index in [2.05, 4.69) is 73.9 Å². The summed E-state index contributed by atoms with van der Waals surface area (Å²) in [6, 6.07) is 12.8. The average molecular weight is 357 g/mol. The van der Waals surface area contributed by atoms with Crippen molar-refractivity contribution in [3.8, 4) is 22.6 Å². The van der Waals surface area contributed by atoms with Crippen LogP contribution in [0, 0.1) is 0 Å². The summed E-state index contributed by atoms with van der Waals surface area (Å²) in [7, 11) is 3.46. The molecule has 0 atom stereocenters. The molecule has 0 unspecified atom stereocenters. The Bertz CT molecular complexity index is 646. The van der Waals surface area contributed by atoms with E-state index in [0.717, 1.165) is 60.2 Å². The standard InChI is InChI=1S/C22H32N2O2/c1-7-23(8-2)19-13-11-17(15-21(19)25-5)18-12-14-20(22(16-18)26-6)24(9-3)10-4/h11-16H,7-10H2,1-6H3. The lowest BCUT2D eigenvalue weighted by molar-refractivity contribution is 0.414. The smallest absolute Gasteiger partial charge is 0.142 e. The van der Waals surface area contributed by atoms with E-state index >= 15 is 0 Å². The first kappa shape index (κ1) is 20.0. The number of anilines is 2. The molecule has 0 aliphatic rings. The van der Waals surface area contributed by atoms with Crippen LogP contribution in [0.4, 0.5) is 11.4 Å². The molecule has 0 saturated carbocycles. The van der Waals surface area contributed by atoms with Crippen LogP contribution in [0.5, 0.6) is 11.5 Å². The van der Waals surface area contributed by atoms with Gasteiger partial charge in [0.2, 0.25) is 0 Å². The van der Waals surface area contributed by atoms with Crippen molar-refractivity contribution in [1.29, 1.82) is 0 Å². The Morgan fingerprint density at radius 1 is 0.615 bits per heavy atom. The first-order chi connectivity index (χ1) is 12.6. The van der Waals surface area contributed by atoms with E-state index in [1.54, 1.807) is 14.2 Å². The van der Waals surface area contributed by atoms with E-state index in [0.29, 0.717) is 0 Å².